The number of nitrogens with one attached hydrogen (secondary N) is 1. The second kappa shape index (κ2) is 10.2. The molecule has 0 spiro atoms. The third-order valence-electron chi connectivity index (χ3n) is 5.56. The summed E-state index contributed by atoms with van der Waals surface area (Å²) in [5.41, 5.74) is 4.76. The standard InChI is InChI=1S/C26H28N4O/c1-29-14-16-30(17-15-29)20-23-7-3-2-6-21(23)11-12-26(31)22-8-4-9-24(18-22)28-25-10-5-13-27-19-25/h2-13,18-19,28H,14-17,20H2,1H3. The molecule has 1 aliphatic heterocycles. The second-order valence-electron chi connectivity index (χ2n) is 7.92. The van der Waals surface area contributed by atoms with Crippen LogP contribution in [0.4, 0.5) is 11.4 Å². The zero-order valence-corrected chi connectivity index (χ0v) is 17.9. The van der Waals surface area contributed by atoms with E-state index in [1.165, 1.54) is 5.56 Å². The Morgan fingerprint density at radius 2 is 1.81 bits per heavy atom. The number of anilines is 2. The highest BCUT2D eigenvalue weighted by atomic mass is 16.1. The van der Waals surface area contributed by atoms with Gasteiger partial charge in [-0.05, 0) is 48.5 Å². The zero-order chi connectivity index (χ0) is 21.5. The van der Waals surface area contributed by atoms with Crippen LogP contribution in [0, 0.1) is 0 Å². The third-order valence-corrected chi connectivity index (χ3v) is 5.56. The summed E-state index contributed by atoms with van der Waals surface area (Å²) >= 11 is 0. The van der Waals surface area contributed by atoms with E-state index in [4.69, 9.17) is 0 Å². The number of pyridine rings is 1. The van der Waals surface area contributed by atoms with Gasteiger partial charge in [0.15, 0.2) is 5.78 Å². The van der Waals surface area contributed by atoms with Gasteiger partial charge < -0.3 is 10.2 Å². The molecule has 5 nitrogen and oxygen atoms in total. The lowest BCUT2D eigenvalue weighted by atomic mass is 10.0. The zero-order valence-electron chi connectivity index (χ0n) is 17.9. The first-order valence-electron chi connectivity index (χ1n) is 10.7. The number of rotatable bonds is 7. The monoisotopic (exact) mass is 412 g/mol. The van der Waals surface area contributed by atoms with E-state index in [2.05, 4.69) is 45.3 Å². The second-order valence-corrected chi connectivity index (χ2v) is 7.92. The maximum Gasteiger partial charge on any atom is 0.185 e. The van der Waals surface area contributed by atoms with Crippen molar-refractivity contribution >= 4 is 23.2 Å². The van der Waals surface area contributed by atoms with Gasteiger partial charge in [-0.3, -0.25) is 14.7 Å². The maximum atomic E-state index is 12.8. The Kier molecular flexibility index (Phi) is 6.87. The normalized spacial score (nSPS) is 15.3. The number of ketones is 1. The number of allylic oxidation sites excluding steroid dienone is 1. The van der Waals surface area contributed by atoms with Crippen LogP contribution in [0.5, 0.6) is 0 Å². The van der Waals surface area contributed by atoms with Gasteiger partial charge in [-0.25, -0.2) is 0 Å². The van der Waals surface area contributed by atoms with Crippen LogP contribution in [-0.4, -0.2) is 53.8 Å². The van der Waals surface area contributed by atoms with E-state index in [1.807, 2.05) is 48.5 Å². The molecule has 1 aromatic heterocycles. The molecule has 1 fully saturated rings. The molecule has 2 aromatic carbocycles. The molecule has 5 heteroatoms. The van der Waals surface area contributed by atoms with E-state index in [0.717, 1.165) is 49.7 Å². The van der Waals surface area contributed by atoms with Crippen molar-refractivity contribution in [2.24, 2.45) is 0 Å². The molecule has 2 heterocycles. The third kappa shape index (κ3) is 5.87. The Hall–Kier alpha value is -3.28. The fourth-order valence-electron chi connectivity index (χ4n) is 3.70. The van der Waals surface area contributed by atoms with Crippen LogP contribution in [0.25, 0.3) is 6.08 Å². The number of piperazine rings is 1. The average Bonchev–Trinajstić information content (AvgIpc) is 2.81. The van der Waals surface area contributed by atoms with Crippen molar-refractivity contribution in [3.05, 3.63) is 95.8 Å². The molecule has 1 N–H and O–H groups in total. The molecule has 158 valence electrons. The number of nitrogens with zero attached hydrogens (tertiary/aromatic N) is 3. The summed E-state index contributed by atoms with van der Waals surface area (Å²) in [6.45, 7) is 5.25. The van der Waals surface area contributed by atoms with Crippen LogP contribution in [0.2, 0.25) is 0 Å². The van der Waals surface area contributed by atoms with E-state index < -0.39 is 0 Å². The lowest BCUT2D eigenvalue weighted by Crippen LogP contribution is -2.43. The number of aromatic nitrogens is 1. The van der Waals surface area contributed by atoms with Crippen molar-refractivity contribution < 1.29 is 4.79 Å². The van der Waals surface area contributed by atoms with Crippen LogP contribution in [0.3, 0.4) is 0 Å². The first kappa shape index (κ1) is 21.0. The van der Waals surface area contributed by atoms with Gasteiger partial charge in [0.25, 0.3) is 0 Å². The molecule has 0 radical (unpaired) electrons. The SMILES string of the molecule is CN1CCN(Cc2ccccc2C=CC(=O)c2cccc(Nc3cccnc3)c2)CC1. The highest BCUT2D eigenvalue weighted by Crippen LogP contribution is 2.19. The molecule has 1 aliphatic rings. The summed E-state index contributed by atoms with van der Waals surface area (Å²) in [5.74, 6) is -0.00997. The quantitative estimate of drug-likeness (QED) is 0.458. The fraction of sp³-hybridized carbons (Fsp3) is 0.231. The van der Waals surface area contributed by atoms with Crippen LogP contribution in [-0.2, 0) is 6.54 Å². The smallest absolute Gasteiger partial charge is 0.185 e. The van der Waals surface area contributed by atoms with Gasteiger partial charge in [0, 0.05) is 50.2 Å². The summed E-state index contributed by atoms with van der Waals surface area (Å²) in [6.07, 6.45) is 7.10. The molecule has 4 rings (SSSR count). The molecule has 0 unspecified atom stereocenters. The molecular weight excluding hydrogens is 384 g/mol. The van der Waals surface area contributed by atoms with Crippen molar-refractivity contribution in [2.75, 3.05) is 38.5 Å². The Morgan fingerprint density at radius 3 is 2.61 bits per heavy atom. The molecule has 0 saturated carbocycles. The average molecular weight is 413 g/mol. The molecule has 0 atom stereocenters. The van der Waals surface area contributed by atoms with E-state index in [0.29, 0.717) is 5.56 Å². The number of carbonyl (C=O) groups is 1. The van der Waals surface area contributed by atoms with E-state index in [1.54, 1.807) is 18.5 Å². The molecule has 1 saturated heterocycles. The predicted octanol–water partition coefficient (Wildman–Crippen LogP) is 4.47. The minimum Gasteiger partial charge on any atom is -0.354 e. The van der Waals surface area contributed by atoms with Crippen LogP contribution < -0.4 is 5.32 Å². The number of carbonyl (C=O) groups excluding carboxylic acids is 1. The minimum absolute atomic E-state index is 0.00997. The first-order chi connectivity index (χ1) is 15.2. The highest BCUT2D eigenvalue weighted by molar-refractivity contribution is 6.07. The van der Waals surface area contributed by atoms with Gasteiger partial charge in [-0.2, -0.15) is 0 Å². The number of benzene rings is 2. The van der Waals surface area contributed by atoms with Crippen molar-refractivity contribution in [2.45, 2.75) is 6.54 Å². The van der Waals surface area contributed by atoms with Gasteiger partial charge in [-0.1, -0.05) is 42.5 Å². The number of likely N-dealkylation sites (N-methyl/N-ethyl adjacent to an activating group) is 1. The van der Waals surface area contributed by atoms with E-state index >= 15 is 0 Å². The Labute approximate surface area is 184 Å². The molecule has 0 aliphatic carbocycles. The predicted molar refractivity (Wildman–Crippen MR) is 127 cm³/mol. The topological polar surface area (TPSA) is 48.5 Å². The van der Waals surface area contributed by atoms with Gasteiger partial charge in [-0.15, -0.1) is 0 Å². The van der Waals surface area contributed by atoms with Gasteiger partial charge in [0.05, 0.1) is 11.9 Å². The lowest BCUT2D eigenvalue weighted by molar-refractivity contribution is 0.104. The molecule has 3 aromatic rings. The number of hydrogen-bond acceptors (Lipinski definition) is 5. The Morgan fingerprint density at radius 1 is 1.00 bits per heavy atom. The van der Waals surface area contributed by atoms with Gasteiger partial charge in [0.1, 0.15) is 0 Å². The fourth-order valence-corrected chi connectivity index (χ4v) is 3.70. The summed E-state index contributed by atoms with van der Waals surface area (Å²) < 4.78 is 0. The van der Waals surface area contributed by atoms with Crippen molar-refractivity contribution in [1.29, 1.82) is 0 Å². The summed E-state index contributed by atoms with van der Waals surface area (Å²) in [6, 6.07) is 19.7. The highest BCUT2D eigenvalue weighted by Gasteiger charge is 2.14. The van der Waals surface area contributed by atoms with E-state index in [9.17, 15) is 4.79 Å². The largest absolute Gasteiger partial charge is 0.354 e. The van der Waals surface area contributed by atoms with Gasteiger partial charge in [0.2, 0.25) is 0 Å². The molecular formula is C26H28N4O. The van der Waals surface area contributed by atoms with Crippen molar-refractivity contribution in [3.63, 3.8) is 0 Å². The Balaban J connectivity index is 1.44. The Bertz CT molecular complexity index is 1040. The summed E-state index contributed by atoms with van der Waals surface area (Å²) in [4.78, 5) is 21.8. The minimum atomic E-state index is -0.00997. The lowest BCUT2D eigenvalue weighted by Gasteiger charge is -2.32. The molecule has 31 heavy (non-hydrogen) atoms. The van der Waals surface area contributed by atoms with Crippen LogP contribution in [0.15, 0.2) is 79.1 Å². The first-order valence-corrected chi connectivity index (χ1v) is 10.7. The summed E-state index contributed by atoms with van der Waals surface area (Å²) in [5, 5.41) is 3.28. The number of hydrogen-bond donors (Lipinski definition) is 1. The molecule has 0 amide bonds. The molecule has 0 bridgehead atoms. The summed E-state index contributed by atoms with van der Waals surface area (Å²) in [7, 11) is 2.17. The van der Waals surface area contributed by atoms with Crippen LogP contribution >= 0.6 is 0 Å². The van der Waals surface area contributed by atoms with Gasteiger partial charge >= 0.3 is 0 Å². The van der Waals surface area contributed by atoms with E-state index in [-0.39, 0.29) is 5.78 Å². The van der Waals surface area contributed by atoms with Crippen LogP contribution in [0.1, 0.15) is 21.5 Å². The van der Waals surface area contributed by atoms with Crippen molar-refractivity contribution in [1.82, 2.24) is 14.8 Å². The maximum absolute atomic E-state index is 12.8. The van der Waals surface area contributed by atoms with Crippen molar-refractivity contribution in [3.8, 4) is 0 Å².